The zero-order chi connectivity index (χ0) is 31.0. The number of urea groups is 2. The fourth-order valence-electron chi connectivity index (χ4n) is 5.80. The third-order valence-electron chi connectivity index (χ3n) is 8.05. The van der Waals surface area contributed by atoms with Gasteiger partial charge in [-0.05, 0) is 106 Å². The summed E-state index contributed by atoms with van der Waals surface area (Å²) >= 11 is 0. The Labute approximate surface area is 245 Å². The van der Waals surface area contributed by atoms with E-state index in [1.165, 1.54) is 24.3 Å². The number of hydrogen-bond acceptors (Lipinski definition) is 4. The minimum absolute atomic E-state index is 0.0115. The summed E-state index contributed by atoms with van der Waals surface area (Å²) in [7, 11) is 0. The molecule has 0 unspecified atom stereocenters. The monoisotopic (exact) mass is 614 g/mol. The molecule has 0 bridgehead atoms. The summed E-state index contributed by atoms with van der Waals surface area (Å²) in [5, 5.41) is 5.75. The summed E-state index contributed by atoms with van der Waals surface area (Å²) in [4.78, 5) is 24.5. The van der Waals surface area contributed by atoms with E-state index in [-0.39, 0.29) is 23.5 Å². The predicted octanol–water partition coefficient (Wildman–Crippen LogP) is 7.18. The van der Waals surface area contributed by atoms with Crippen molar-refractivity contribution < 1.29 is 35.9 Å². The lowest BCUT2D eigenvalue weighted by Gasteiger charge is -2.34. The molecule has 2 aromatic carbocycles. The second-order valence-electron chi connectivity index (χ2n) is 11.3. The van der Waals surface area contributed by atoms with Crippen molar-refractivity contribution in [3.05, 3.63) is 59.7 Å². The molecule has 6 N–H and O–H groups in total. The summed E-state index contributed by atoms with van der Waals surface area (Å²) in [5.74, 6) is 1.08. The topological polar surface area (TPSA) is 106 Å². The van der Waals surface area contributed by atoms with Crippen LogP contribution in [-0.4, -0.2) is 24.1 Å². The minimum Gasteiger partial charge on any atom is -0.334 e. The van der Waals surface area contributed by atoms with Gasteiger partial charge in [0.1, 0.15) is 0 Å². The van der Waals surface area contributed by atoms with Crippen molar-refractivity contribution in [1.82, 2.24) is 21.5 Å². The maximum atomic E-state index is 12.9. The lowest BCUT2D eigenvalue weighted by atomic mass is 9.76. The van der Waals surface area contributed by atoms with Crippen LogP contribution in [0.2, 0.25) is 0 Å². The second kappa shape index (κ2) is 14.1. The molecule has 4 amide bonds. The molecule has 0 aliphatic heterocycles. The van der Waals surface area contributed by atoms with Crippen LogP contribution in [-0.2, 0) is 12.4 Å². The van der Waals surface area contributed by atoms with Crippen LogP contribution >= 0.6 is 0 Å². The van der Waals surface area contributed by atoms with Crippen LogP contribution in [0.3, 0.4) is 0 Å². The van der Waals surface area contributed by atoms with Gasteiger partial charge in [0.15, 0.2) is 0 Å². The molecule has 14 heteroatoms. The van der Waals surface area contributed by atoms with Crippen molar-refractivity contribution in [3.8, 4) is 0 Å². The Bertz CT molecular complexity index is 1130. The van der Waals surface area contributed by atoms with Crippen LogP contribution in [0.5, 0.6) is 0 Å². The Morgan fingerprint density at radius 3 is 1.33 bits per heavy atom. The van der Waals surface area contributed by atoms with Crippen molar-refractivity contribution in [2.24, 2.45) is 11.8 Å². The van der Waals surface area contributed by atoms with Crippen molar-refractivity contribution >= 4 is 23.4 Å². The minimum atomic E-state index is -4.47. The number of anilines is 2. The molecule has 2 saturated carbocycles. The van der Waals surface area contributed by atoms with Gasteiger partial charge in [0.05, 0.1) is 22.5 Å². The van der Waals surface area contributed by atoms with E-state index < -0.39 is 35.5 Å². The Kier molecular flexibility index (Phi) is 10.5. The first kappa shape index (κ1) is 32.1. The molecule has 2 aliphatic carbocycles. The van der Waals surface area contributed by atoms with Crippen molar-refractivity contribution in [2.75, 3.05) is 10.9 Å². The van der Waals surface area contributed by atoms with Crippen molar-refractivity contribution in [3.63, 3.8) is 0 Å². The van der Waals surface area contributed by atoms with E-state index in [0.717, 1.165) is 82.1 Å². The summed E-state index contributed by atoms with van der Waals surface area (Å²) in [6, 6.07) is 8.12. The van der Waals surface area contributed by atoms with E-state index in [9.17, 15) is 35.9 Å². The molecule has 8 nitrogen and oxygen atoms in total. The van der Waals surface area contributed by atoms with E-state index in [1.807, 2.05) is 0 Å². The average Bonchev–Trinajstić information content (AvgIpc) is 2.96. The van der Waals surface area contributed by atoms with Crippen LogP contribution in [0, 0.1) is 11.8 Å². The van der Waals surface area contributed by atoms with Crippen LogP contribution in [0.25, 0.3) is 0 Å². The Morgan fingerprint density at radius 1 is 0.605 bits per heavy atom. The van der Waals surface area contributed by atoms with Crippen LogP contribution in [0.1, 0.15) is 68.9 Å². The lowest BCUT2D eigenvalue weighted by Crippen LogP contribution is -2.46. The van der Waals surface area contributed by atoms with Crippen molar-refractivity contribution in [2.45, 2.75) is 82.2 Å². The van der Waals surface area contributed by atoms with Gasteiger partial charge >= 0.3 is 24.4 Å². The van der Waals surface area contributed by atoms with E-state index in [4.69, 9.17) is 0 Å². The largest absolute Gasteiger partial charge is 0.416 e. The maximum Gasteiger partial charge on any atom is 0.416 e. The smallest absolute Gasteiger partial charge is 0.334 e. The number of carbonyl (C=O) groups excluding carboxylic acids is 2. The first-order chi connectivity index (χ1) is 20.3. The molecule has 2 aliphatic rings. The molecular formula is C29H36F6N6O2. The van der Waals surface area contributed by atoms with Gasteiger partial charge < -0.3 is 10.6 Å². The number of rotatable bonds is 8. The Morgan fingerprint density at radius 2 is 0.977 bits per heavy atom. The van der Waals surface area contributed by atoms with Gasteiger partial charge in [-0.25, -0.2) is 9.59 Å². The fourth-order valence-corrected chi connectivity index (χ4v) is 5.80. The Balaban J connectivity index is 1.08. The molecular weight excluding hydrogens is 578 g/mol. The highest BCUT2D eigenvalue weighted by molar-refractivity contribution is 5.76. The molecule has 0 atom stereocenters. The summed E-state index contributed by atoms with van der Waals surface area (Å²) in [6.45, 7) is 0. The van der Waals surface area contributed by atoms with Gasteiger partial charge in [0.2, 0.25) is 0 Å². The summed E-state index contributed by atoms with van der Waals surface area (Å²) < 4.78 is 77.1. The molecule has 0 aromatic heterocycles. The highest BCUT2D eigenvalue weighted by Crippen LogP contribution is 2.36. The highest BCUT2D eigenvalue weighted by atomic mass is 19.4. The maximum absolute atomic E-state index is 12.9. The molecule has 2 aromatic rings. The Hall–Kier alpha value is -3.84. The quantitative estimate of drug-likeness (QED) is 0.140. The van der Waals surface area contributed by atoms with Crippen LogP contribution < -0.4 is 32.3 Å². The third kappa shape index (κ3) is 10.1. The number of carbonyl (C=O) groups is 2. The van der Waals surface area contributed by atoms with Gasteiger partial charge in [-0.15, -0.1) is 0 Å². The summed E-state index contributed by atoms with van der Waals surface area (Å²) in [6.07, 6.45) is -0.728. The zero-order valence-electron chi connectivity index (χ0n) is 23.4. The lowest BCUT2D eigenvalue weighted by molar-refractivity contribution is -0.138. The van der Waals surface area contributed by atoms with Gasteiger partial charge in [-0.1, -0.05) is 12.1 Å². The molecule has 0 saturated heterocycles. The zero-order valence-corrected chi connectivity index (χ0v) is 23.4. The van der Waals surface area contributed by atoms with E-state index >= 15 is 0 Å². The predicted molar refractivity (Wildman–Crippen MR) is 150 cm³/mol. The number of alkyl halides is 6. The fraction of sp³-hybridized carbons (Fsp3) is 0.517. The molecule has 236 valence electrons. The van der Waals surface area contributed by atoms with Gasteiger partial charge in [-0.2, -0.15) is 26.3 Å². The molecule has 4 rings (SSSR count). The van der Waals surface area contributed by atoms with Crippen LogP contribution in [0.15, 0.2) is 48.5 Å². The SMILES string of the molecule is O=C(NNc1cccc(C(F)(F)F)c1)NC1CCC(CC2CCC(NC(=O)NNc3cccc(C(F)(F)F)c3)CC2)CC1. The number of hydrazine groups is 2. The molecule has 43 heavy (non-hydrogen) atoms. The molecule has 2 fully saturated rings. The standard InChI is InChI=1S/C29H36F6N6O2/c30-28(31,32)20-3-1-5-24(16-20)38-40-26(42)36-22-11-7-18(8-12-22)15-19-9-13-23(14-10-19)37-27(43)41-39-25-6-2-4-21(17-25)29(33,34)35/h1-6,16-19,22-23,38-39H,7-15H2,(H2,36,40,42)(H2,37,41,43). The number of halogens is 6. The first-order valence-electron chi connectivity index (χ1n) is 14.3. The number of amides is 4. The number of benzene rings is 2. The number of nitrogens with one attached hydrogen (secondary N) is 6. The van der Waals surface area contributed by atoms with E-state index in [2.05, 4.69) is 32.3 Å². The normalized spacial score (nSPS) is 22.7. The second-order valence-corrected chi connectivity index (χ2v) is 11.3. The van der Waals surface area contributed by atoms with Crippen LogP contribution in [0.4, 0.5) is 47.3 Å². The first-order valence-corrected chi connectivity index (χ1v) is 14.3. The summed E-state index contributed by atoms with van der Waals surface area (Å²) in [5.41, 5.74) is 8.47. The van der Waals surface area contributed by atoms with Gasteiger partial charge in [0.25, 0.3) is 0 Å². The van der Waals surface area contributed by atoms with Gasteiger partial charge in [0, 0.05) is 12.1 Å². The van der Waals surface area contributed by atoms with Gasteiger partial charge in [-0.3, -0.25) is 21.7 Å². The van der Waals surface area contributed by atoms with E-state index in [1.54, 1.807) is 0 Å². The number of hydrogen-bond donors (Lipinski definition) is 6. The molecule has 0 spiro atoms. The molecule has 0 radical (unpaired) electrons. The third-order valence-corrected chi connectivity index (χ3v) is 8.05. The highest BCUT2D eigenvalue weighted by Gasteiger charge is 2.32. The van der Waals surface area contributed by atoms with Crippen molar-refractivity contribution in [1.29, 1.82) is 0 Å². The molecule has 0 heterocycles. The van der Waals surface area contributed by atoms with E-state index in [0.29, 0.717) is 11.8 Å². The average molecular weight is 615 g/mol.